The summed E-state index contributed by atoms with van der Waals surface area (Å²) in [5, 5.41) is 14.5. The minimum absolute atomic E-state index is 0.0521. The molecule has 0 saturated carbocycles. The zero-order valence-corrected chi connectivity index (χ0v) is 15.0. The number of benzene rings is 2. The standard InChI is InChI=1S/C17H15IN2O4/c1-10(21)19-13-5-2-11(3-6-13)8-16(22)20-15-7-4-12(18)9-14(15)17(23)24/h2-7,9H,8H2,1H3,(H,19,21)(H,20,22)(H,23,24). The van der Waals surface area contributed by atoms with Crippen molar-refractivity contribution in [2.75, 3.05) is 10.6 Å². The van der Waals surface area contributed by atoms with Crippen LogP contribution in [0.25, 0.3) is 0 Å². The van der Waals surface area contributed by atoms with E-state index in [-0.39, 0.29) is 29.5 Å². The third-order valence-electron chi connectivity index (χ3n) is 3.13. The lowest BCUT2D eigenvalue weighted by atomic mass is 10.1. The summed E-state index contributed by atoms with van der Waals surface area (Å²) in [7, 11) is 0. The van der Waals surface area contributed by atoms with Crippen LogP contribution in [0, 0.1) is 3.57 Å². The largest absolute Gasteiger partial charge is 0.478 e. The molecule has 24 heavy (non-hydrogen) atoms. The maximum absolute atomic E-state index is 12.1. The molecule has 2 rings (SSSR count). The molecule has 0 aliphatic heterocycles. The maximum Gasteiger partial charge on any atom is 0.337 e. The topological polar surface area (TPSA) is 95.5 Å². The Balaban J connectivity index is 2.06. The molecule has 2 aromatic rings. The van der Waals surface area contributed by atoms with Gasteiger partial charge in [-0.3, -0.25) is 9.59 Å². The SMILES string of the molecule is CC(=O)Nc1ccc(CC(=O)Nc2ccc(I)cc2C(=O)O)cc1. The summed E-state index contributed by atoms with van der Waals surface area (Å²) in [5.74, 6) is -1.57. The third-order valence-corrected chi connectivity index (χ3v) is 3.80. The van der Waals surface area contributed by atoms with Gasteiger partial charge < -0.3 is 15.7 Å². The number of amides is 2. The van der Waals surface area contributed by atoms with Gasteiger partial charge in [0.2, 0.25) is 11.8 Å². The molecule has 0 unspecified atom stereocenters. The Morgan fingerprint density at radius 3 is 2.29 bits per heavy atom. The minimum atomic E-state index is -1.09. The van der Waals surface area contributed by atoms with Crippen molar-refractivity contribution >= 4 is 51.7 Å². The molecule has 0 aliphatic rings. The molecule has 3 N–H and O–H groups in total. The van der Waals surface area contributed by atoms with Crippen molar-refractivity contribution in [2.24, 2.45) is 0 Å². The molecule has 0 atom stereocenters. The van der Waals surface area contributed by atoms with Gasteiger partial charge in [0.15, 0.2) is 0 Å². The van der Waals surface area contributed by atoms with E-state index in [1.165, 1.54) is 13.0 Å². The predicted molar refractivity (Wildman–Crippen MR) is 99.2 cm³/mol. The molecule has 0 fully saturated rings. The first-order chi connectivity index (χ1) is 11.3. The Hall–Kier alpha value is -2.42. The number of carboxylic acid groups (broad SMARTS) is 1. The van der Waals surface area contributed by atoms with Crippen LogP contribution in [0.3, 0.4) is 0 Å². The highest BCUT2D eigenvalue weighted by molar-refractivity contribution is 14.1. The van der Waals surface area contributed by atoms with Gasteiger partial charge in [0, 0.05) is 16.2 Å². The molecule has 0 saturated heterocycles. The Morgan fingerprint density at radius 2 is 1.71 bits per heavy atom. The molecule has 0 bridgehead atoms. The highest BCUT2D eigenvalue weighted by Crippen LogP contribution is 2.19. The molecule has 124 valence electrons. The number of carboxylic acids is 1. The number of hydrogen-bond acceptors (Lipinski definition) is 3. The second-order valence-electron chi connectivity index (χ2n) is 5.10. The van der Waals surface area contributed by atoms with Crippen LogP contribution in [0.1, 0.15) is 22.8 Å². The van der Waals surface area contributed by atoms with E-state index >= 15 is 0 Å². The molecule has 6 nitrogen and oxygen atoms in total. The maximum atomic E-state index is 12.1. The predicted octanol–water partition coefficient (Wildman–Crippen LogP) is 3.13. The molecule has 2 aromatic carbocycles. The van der Waals surface area contributed by atoms with E-state index in [9.17, 15) is 19.5 Å². The quantitative estimate of drug-likeness (QED) is 0.626. The summed E-state index contributed by atoms with van der Waals surface area (Å²) in [6.45, 7) is 1.42. The molecule has 0 aromatic heterocycles. The fourth-order valence-corrected chi connectivity index (χ4v) is 2.58. The average Bonchev–Trinajstić information content (AvgIpc) is 2.50. The Kier molecular flexibility index (Phi) is 5.91. The van der Waals surface area contributed by atoms with Crippen molar-refractivity contribution in [3.63, 3.8) is 0 Å². The van der Waals surface area contributed by atoms with Crippen LogP contribution in [-0.2, 0) is 16.0 Å². The molecule has 7 heteroatoms. The zero-order chi connectivity index (χ0) is 17.7. The summed E-state index contributed by atoms with van der Waals surface area (Å²) in [4.78, 5) is 34.3. The van der Waals surface area contributed by atoms with Crippen LogP contribution in [0.5, 0.6) is 0 Å². The molecule has 0 spiro atoms. The molecular weight excluding hydrogens is 423 g/mol. The van der Waals surface area contributed by atoms with Crippen LogP contribution in [-0.4, -0.2) is 22.9 Å². The fraction of sp³-hybridized carbons (Fsp3) is 0.118. The van der Waals surface area contributed by atoms with Crippen molar-refractivity contribution in [3.05, 3.63) is 57.2 Å². The van der Waals surface area contributed by atoms with Crippen LogP contribution >= 0.6 is 22.6 Å². The lowest BCUT2D eigenvalue weighted by Gasteiger charge is -2.09. The fourth-order valence-electron chi connectivity index (χ4n) is 2.09. The Labute approximate surface area is 152 Å². The minimum Gasteiger partial charge on any atom is -0.478 e. The zero-order valence-electron chi connectivity index (χ0n) is 12.8. The van der Waals surface area contributed by atoms with Gasteiger partial charge in [-0.05, 0) is 58.5 Å². The van der Waals surface area contributed by atoms with Crippen molar-refractivity contribution in [2.45, 2.75) is 13.3 Å². The van der Waals surface area contributed by atoms with Crippen LogP contribution in [0.4, 0.5) is 11.4 Å². The van der Waals surface area contributed by atoms with Crippen LogP contribution in [0.15, 0.2) is 42.5 Å². The van der Waals surface area contributed by atoms with Crippen LogP contribution in [0.2, 0.25) is 0 Å². The number of halogens is 1. The van der Waals surface area contributed by atoms with Gasteiger partial charge in [-0.2, -0.15) is 0 Å². The van der Waals surface area contributed by atoms with E-state index in [1.807, 2.05) is 22.6 Å². The summed E-state index contributed by atoms with van der Waals surface area (Å²) in [6, 6.07) is 11.7. The second-order valence-corrected chi connectivity index (χ2v) is 6.34. The lowest BCUT2D eigenvalue weighted by molar-refractivity contribution is -0.116. The van der Waals surface area contributed by atoms with Gasteiger partial charge in [-0.1, -0.05) is 12.1 Å². The average molecular weight is 438 g/mol. The number of anilines is 2. The molecule has 0 aliphatic carbocycles. The number of carbonyl (C=O) groups is 3. The lowest BCUT2D eigenvalue weighted by Crippen LogP contribution is -2.17. The van der Waals surface area contributed by atoms with E-state index in [0.29, 0.717) is 5.69 Å². The van der Waals surface area contributed by atoms with E-state index < -0.39 is 5.97 Å². The van der Waals surface area contributed by atoms with E-state index in [0.717, 1.165) is 9.13 Å². The van der Waals surface area contributed by atoms with Crippen molar-refractivity contribution in [1.82, 2.24) is 0 Å². The first-order valence-corrected chi connectivity index (χ1v) is 8.12. The molecule has 2 amide bonds. The number of hydrogen-bond donors (Lipinski definition) is 3. The Bertz CT molecular complexity index is 788. The van der Waals surface area contributed by atoms with Crippen LogP contribution < -0.4 is 10.6 Å². The summed E-state index contributed by atoms with van der Waals surface area (Å²) in [6.07, 6.45) is 0.103. The van der Waals surface area contributed by atoms with Gasteiger partial charge in [0.1, 0.15) is 0 Å². The summed E-state index contributed by atoms with van der Waals surface area (Å²) in [5.41, 5.74) is 1.72. The van der Waals surface area contributed by atoms with Crippen molar-refractivity contribution in [1.29, 1.82) is 0 Å². The number of aromatic carboxylic acids is 1. The highest BCUT2D eigenvalue weighted by Gasteiger charge is 2.13. The van der Waals surface area contributed by atoms with Gasteiger partial charge in [-0.25, -0.2) is 4.79 Å². The van der Waals surface area contributed by atoms with E-state index in [1.54, 1.807) is 36.4 Å². The summed E-state index contributed by atoms with van der Waals surface area (Å²) < 4.78 is 0.775. The van der Waals surface area contributed by atoms with E-state index in [2.05, 4.69) is 10.6 Å². The van der Waals surface area contributed by atoms with E-state index in [4.69, 9.17) is 0 Å². The van der Waals surface area contributed by atoms with Gasteiger partial charge in [0.25, 0.3) is 0 Å². The first-order valence-electron chi connectivity index (χ1n) is 7.04. The molecule has 0 heterocycles. The monoisotopic (exact) mass is 438 g/mol. The third kappa shape index (κ3) is 5.05. The van der Waals surface area contributed by atoms with Crippen molar-refractivity contribution in [3.8, 4) is 0 Å². The number of rotatable bonds is 5. The second kappa shape index (κ2) is 7.91. The smallest absolute Gasteiger partial charge is 0.337 e. The molecular formula is C17H15IN2O4. The number of nitrogens with one attached hydrogen (secondary N) is 2. The van der Waals surface area contributed by atoms with Gasteiger partial charge in [-0.15, -0.1) is 0 Å². The first kappa shape index (κ1) is 17.9. The summed E-state index contributed by atoms with van der Waals surface area (Å²) >= 11 is 2.01. The van der Waals surface area contributed by atoms with Gasteiger partial charge >= 0.3 is 5.97 Å². The Morgan fingerprint density at radius 1 is 1.04 bits per heavy atom. The normalized spacial score (nSPS) is 10.1. The van der Waals surface area contributed by atoms with Crippen molar-refractivity contribution < 1.29 is 19.5 Å². The van der Waals surface area contributed by atoms with Gasteiger partial charge in [0.05, 0.1) is 17.7 Å². The highest BCUT2D eigenvalue weighted by atomic mass is 127. The number of carbonyl (C=O) groups excluding carboxylic acids is 2. The molecule has 0 radical (unpaired) electrons.